The molecule has 1 aliphatic rings. The van der Waals surface area contributed by atoms with Gasteiger partial charge < -0.3 is 15.2 Å². The Balaban J connectivity index is 2.20. The van der Waals surface area contributed by atoms with E-state index < -0.39 is 34.5 Å². The number of ether oxygens (including phenoxy) is 1. The lowest BCUT2D eigenvalue weighted by atomic mass is 9.56. The van der Waals surface area contributed by atoms with Crippen LogP contribution in [-0.2, 0) is 4.74 Å². The van der Waals surface area contributed by atoms with E-state index in [1.54, 1.807) is 7.11 Å². The van der Waals surface area contributed by atoms with Crippen LogP contribution in [0.1, 0.15) is 37.6 Å². The average Bonchev–Trinajstić information content (AvgIpc) is 2.42. The van der Waals surface area contributed by atoms with Gasteiger partial charge in [-0.2, -0.15) is 0 Å². The van der Waals surface area contributed by atoms with Crippen molar-refractivity contribution in [3.63, 3.8) is 0 Å². The summed E-state index contributed by atoms with van der Waals surface area (Å²) in [6.07, 6.45) is 0.546. The number of hydrogen-bond donors (Lipinski definition) is 2. The van der Waals surface area contributed by atoms with Crippen molar-refractivity contribution < 1.29 is 23.4 Å². The molecule has 2 rings (SSSR count). The molecule has 0 spiro atoms. The molecule has 116 valence electrons. The molecule has 0 unspecified atom stereocenters. The minimum Gasteiger partial charge on any atom is -0.505 e. The van der Waals surface area contributed by atoms with E-state index in [4.69, 9.17) is 4.74 Å². The third-order valence-electron chi connectivity index (χ3n) is 4.88. The molecule has 21 heavy (non-hydrogen) atoms. The van der Waals surface area contributed by atoms with Crippen molar-refractivity contribution in [3.8, 4) is 5.75 Å². The second-order valence-corrected chi connectivity index (χ2v) is 6.14. The first kappa shape index (κ1) is 15.7. The Kier molecular flexibility index (Phi) is 3.70. The molecule has 6 heteroatoms. The van der Waals surface area contributed by atoms with Gasteiger partial charge >= 0.3 is 0 Å². The van der Waals surface area contributed by atoms with Crippen molar-refractivity contribution in [2.45, 2.75) is 38.8 Å². The van der Waals surface area contributed by atoms with Crippen LogP contribution in [0.25, 0.3) is 0 Å². The molecule has 1 amide bonds. The molecule has 0 radical (unpaired) electrons. The van der Waals surface area contributed by atoms with E-state index in [9.17, 15) is 18.7 Å². The zero-order valence-corrected chi connectivity index (χ0v) is 12.5. The van der Waals surface area contributed by atoms with Crippen LogP contribution in [0.4, 0.5) is 8.78 Å². The predicted octanol–water partition coefficient (Wildman–Crippen LogP) is 2.60. The second-order valence-electron chi connectivity index (χ2n) is 6.14. The lowest BCUT2D eigenvalue weighted by molar-refractivity contribution is -0.177. The fraction of sp³-hybridized carbons (Fsp3) is 0.533. The Morgan fingerprint density at radius 2 is 2.00 bits per heavy atom. The number of nitrogens with one attached hydrogen (secondary N) is 1. The molecular formula is C15H19F2NO3. The van der Waals surface area contributed by atoms with Gasteiger partial charge in [0.2, 0.25) is 0 Å². The molecule has 1 aromatic rings. The van der Waals surface area contributed by atoms with Gasteiger partial charge in [-0.1, -0.05) is 13.8 Å². The van der Waals surface area contributed by atoms with E-state index in [1.165, 1.54) is 0 Å². The highest BCUT2D eigenvalue weighted by Gasteiger charge is 2.58. The first-order chi connectivity index (χ1) is 9.64. The van der Waals surface area contributed by atoms with E-state index in [0.717, 1.165) is 12.1 Å². The van der Waals surface area contributed by atoms with Gasteiger partial charge in [0.05, 0.1) is 5.60 Å². The predicted molar refractivity (Wildman–Crippen MR) is 73.1 cm³/mol. The van der Waals surface area contributed by atoms with Crippen LogP contribution in [0, 0.1) is 17.0 Å². The van der Waals surface area contributed by atoms with Gasteiger partial charge in [0.1, 0.15) is 11.4 Å². The summed E-state index contributed by atoms with van der Waals surface area (Å²) in [5.74, 6) is -3.89. The van der Waals surface area contributed by atoms with Crippen LogP contribution in [0.2, 0.25) is 0 Å². The topological polar surface area (TPSA) is 58.6 Å². The highest BCUT2D eigenvalue weighted by molar-refractivity contribution is 5.95. The number of benzene rings is 1. The van der Waals surface area contributed by atoms with Crippen molar-refractivity contribution in [2.75, 3.05) is 7.11 Å². The molecule has 1 aliphatic carbocycles. The molecule has 0 bridgehead atoms. The quantitative estimate of drug-likeness (QED) is 0.902. The second kappa shape index (κ2) is 4.94. The lowest BCUT2D eigenvalue weighted by Crippen LogP contribution is -2.68. The first-order valence-electron chi connectivity index (χ1n) is 6.67. The Labute approximate surface area is 122 Å². The standard InChI is InChI=1S/C15H19F2NO3/c1-14(2)10(7-15(14,3)21-4)18-13(20)11-8(16)5-6-9(19)12(11)17/h5-6,10,19H,7H2,1-4H3,(H,18,20)/t10-,15+/m1/s1. The molecule has 0 saturated heterocycles. The Bertz CT molecular complexity index is 589. The minimum atomic E-state index is -1.25. The maximum Gasteiger partial charge on any atom is 0.257 e. The molecule has 0 heterocycles. The van der Waals surface area contributed by atoms with E-state index in [1.807, 2.05) is 20.8 Å². The molecule has 1 fully saturated rings. The Hall–Kier alpha value is -1.69. The van der Waals surface area contributed by atoms with E-state index in [2.05, 4.69) is 5.32 Å². The number of hydrogen-bond acceptors (Lipinski definition) is 3. The van der Waals surface area contributed by atoms with Gasteiger partial charge in [0.25, 0.3) is 5.91 Å². The number of carbonyl (C=O) groups is 1. The van der Waals surface area contributed by atoms with Crippen molar-refractivity contribution in [3.05, 3.63) is 29.3 Å². The molecule has 4 nitrogen and oxygen atoms in total. The number of rotatable bonds is 3. The summed E-state index contributed by atoms with van der Waals surface area (Å²) in [6.45, 7) is 5.76. The summed E-state index contributed by atoms with van der Waals surface area (Å²) in [7, 11) is 1.59. The number of carbonyl (C=O) groups excluding carboxylic acids is 1. The van der Waals surface area contributed by atoms with Crippen molar-refractivity contribution in [1.29, 1.82) is 0 Å². The molecule has 0 aromatic heterocycles. The van der Waals surface area contributed by atoms with Crippen LogP contribution in [0.5, 0.6) is 5.75 Å². The Morgan fingerprint density at radius 3 is 2.52 bits per heavy atom. The largest absolute Gasteiger partial charge is 0.505 e. The molecule has 2 N–H and O–H groups in total. The molecule has 0 aliphatic heterocycles. The first-order valence-corrected chi connectivity index (χ1v) is 6.67. The number of phenolic OH excluding ortho intramolecular Hbond substituents is 1. The zero-order chi connectivity index (χ0) is 16.0. The normalized spacial score (nSPS) is 27.0. The fourth-order valence-corrected chi connectivity index (χ4v) is 2.70. The van der Waals surface area contributed by atoms with Gasteiger partial charge in [0.15, 0.2) is 11.6 Å². The fourth-order valence-electron chi connectivity index (χ4n) is 2.70. The highest BCUT2D eigenvalue weighted by Crippen LogP contribution is 2.51. The van der Waals surface area contributed by atoms with Gasteiger partial charge in [-0.15, -0.1) is 0 Å². The van der Waals surface area contributed by atoms with Crippen LogP contribution in [-0.4, -0.2) is 29.8 Å². The van der Waals surface area contributed by atoms with Crippen LogP contribution in [0.3, 0.4) is 0 Å². The van der Waals surface area contributed by atoms with Crippen LogP contribution < -0.4 is 5.32 Å². The maximum atomic E-state index is 13.7. The summed E-state index contributed by atoms with van der Waals surface area (Å²) >= 11 is 0. The van der Waals surface area contributed by atoms with Crippen molar-refractivity contribution >= 4 is 5.91 Å². The van der Waals surface area contributed by atoms with Crippen LogP contribution >= 0.6 is 0 Å². The van der Waals surface area contributed by atoms with Gasteiger partial charge in [0, 0.05) is 18.6 Å². The van der Waals surface area contributed by atoms with E-state index in [0.29, 0.717) is 6.42 Å². The lowest BCUT2D eigenvalue weighted by Gasteiger charge is -2.59. The SMILES string of the molecule is CO[C@@]1(C)C[C@@H](NC(=O)c2c(F)ccc(O)c2F)C1(C)C. The maximum absolute atomic E-state index is 13.7. The minimum absolute atomic E-state index is 0.268. The smallest absolute Gasteiger partial charge is 0.257 e. The van der Waals surface area contributed by atoms with Crippen LogP contribution in [0.15, 0.2) is 12.1 Å². The van der Waals surface area contributed by atoms with E-state index in [-0.39, 0.29) is 11.5 Å². The van der Waals surface area contributed by atoms with Gasteiger partial charge in [-0.25, -0.2) is 8.78 Å². The third-order valence-corrected chi connectivity index (χ3v) is 4.88. The highest BCUT2D eigenvalue weighted by atomic mass is 19.1. The monoisotopic (exact) mass is 299 g/mol. The summed E-state index contributed by atoms with van der Waals surface area (Å²) < 4.78 is 32.8. The molecule has 2 atom stereocenters. The van der Waals surface area contributed by atoms with E-state index >= 15 is 0 Å². The number of amides is 1. The third kappa shape index (κ3) is 2.27. The average molecular weight is 299 g/mol. The van der Waals surface area contributed by atoms with Crippen molar-refractivity contribution in [1.82, 2.24) is 5.32 Å². The Morgan fingerprint density at radius 1 is 1.38 bits per heavy atom. The zero-order valence-electron chi connectivity index (χ0n) is 12.5. The molecule has 1 saturated carbocycles. The number of phenols is 1. The number of halogens is 2. The number of methoxy groups -OCH3 is 1. The summed E-state index contributed by atoms with van der Waals surface area (Å²) in [5.41, 5.74) is -1.54. The summed E-state index contributed by atoms with van der Waals surface area (Å²) in [5, 5.41) is 11.9. The molecular weight excluding hydrogens is 280 g/mol. The van der Waals surface area contributed by atoms with Crippen molar-refractivity contribution in [2.24, 2.45) is 5.41 Å². The summed E-state index contributed by atoms with van der Waals surface area (Å²) in [6, 6.07) is 1.46. The molecule has 1 aromatic carbocycles. The number of aromatic hydroxyl groups is 1. The van der Waals surface area contributed by atoms with Gasteiger partial charge in [-0.05, 0) is 25.5 Å². The van der Waals surface area contributed by atoms with Gasteiger partial charge in [-0.3, -0.25) is 4.79 Å². The summed E-state index contributed by atoms with van der Waals surface area (Å²) in [4.78, 5) is 12.1.